The van der Waals surface area contributed by atoms with Gasteiger partial charge in [0, 0.05) is 24.8 Å². The van der Waals surface area contributed by atoms with Crippen LogP contribution in [0.3, 0.4) is 0 Å². The highest BCUT2D eigenvalue weighted by Crippen LogP contribution is 2.23. The van der Waals surface area contributed by atoms with Crippen LogP contribution in [0.2, 0.25) is 0 Å². The normalized spacial score (nSPS) is 12.4. The molecule has 0 radical (unpaired) electrons. The number of hydrogen-bond acceptors (Lipinski definition) is 6. The summed E-state index contributed by atoms with van der Waals surface area (Å²) < 4.78 is 4.62. The van der Waals surface area contributed by atoms with Crippen molar-refractivity contribution in [2.75, 3.05) is 45.2 Å². The highest BCUT2D eigenvalue weighted by atomic mass is 16.5. The number of fused-ring (bicyclic) bond motifs is 1. The van der Waals surface area contributed by atoms with E-state index in [1.165, 1.54) is 44.3 Å². The van der Waals surface area contributed by atoms with Gasteiger partial charge in [0.05, 0.1) is 0 Å². The molecule has 46 heavy (non-hydrogen) atoms. The van der Waals surface area contributed by atoms with Crippen molar-refractivity contribution in [3.63, 3.8) is 0 Å². The molecule has 1 aliphatic rings. The topological polar surface area (TPSA) is 111 Å². The third-order valence-electron chi connectivity index (χ3n) is 7.51. The molecule has 1 heterocycles. The molecule has 1 unspecified atom stereocenters. The van der Waals surface area contributed by atoms with E-state index in [1.54, 1.807) is 0 Å². The van der Waals surface area contributed by atoms with Gasteiger partial charge in [0.2, 0.25) is 0 Å². The minimum atomic E-state index is -0.621. The number of phenols is 1. The van der Waals surface area contributed by atoms with Crippen LogP contribution < -0.4 is 10.6 Å². The number of aldehydes is 1. The van der Waals surface area contributed by atoms with Crippen LogP contribution in [0.25, 0.3) is 0 Å². The van der Waals surface area contributed by atoms with Crippen LogP contribution in [0.15, 0.2) is 36.4 Å². The maximum atomic E-state index is 12.5. The monoisotopic (exact) mass is 642 g/mol. The summed E-state index contributed by atoms with van der Waals surface area (Å²) in [4.78, 5) is 38.2. The Morgan fingerprint density at radius 1 is 1.07 bits per heavy atom. The fourth-order valence-corrected chi connectivity index (χ4v) is 4.96. The number of aromatic hydroxyl groups is 1. The molecule has 9 heteroatoms. The molecule has 0 saturated carbocycles. The Bertz CT molecular complexity index is 1110. The molecule has 0 saturated heterocycles. The van der Waals surface area contributed by atoms with Crippen LogP contribution in [-0.2, 0) is 16.0 Å². The number of carbonyl (C=O) groups is 3. The summed E-state index contributed by atoms with van der Waals surface area (Å²) >= 11 is 0. The SMILES string of the molecule is CC.CCC(CCNC(=O)OCC=O)N1CCc2ccccc2NC1=O.CCCCN(C)CCCC.Cc1cc(C)c(O)c(C)c1. The van der Waals surface area contributed by atoms with Crippen LogP contribution >= 0.6 is 0 Å². The second kappa shape index (κ2) is 25.6. The van der Waals surface area contributed by atoms with Gasteiger partial charge in [-0.3, -0.25) is 4.79 Å². The number of urea groups is 1. The van der Waals surface area contributed by atoms with E-state index >= 15 is 0 Å². The van der Waals surface area contributed by atoms with Gasteiger partial charge in [-0.2, -0.15) is 0 Å². The van der Waals surface area contributed by atoms with Crippen molar-refractivity contribution in [3.8, 4) is 5.75 Å². The molecular weight excluding hydrogens is 580 g/mol. The Labute approximate surface area is 279 Å². The van der Waals surface area contributed by atoms with E-state index in [1.807, 2.05) is 82.8 Å². The molecule has 260 valence electrons. The number of nitrogens with one attached hydrogen (secondary N) is 2. The maximum Gasteiger partial charge on any atom is 0.407 e. The van der Waals surface area contributed by atoms with Gasteiger partial charge in [0.15, 0.2) is 6.29 Å². The van der Waals surface area contributed by atoms with Crippen molar-refractivity contribution in [3.05, 3.63) is 58.7 Å². The lowest BCUT2D eigenvalue weighted by molar-refractivity contribution is -0.110. The predicted octanol–water partition coefficient (Wildman–Crippen LogP) is 8.03. The third kappa shape index (κ3) is 17.2. The van der Waals surface area contributed by atoms with Crippen molar-refractivity contribution < 1.29 is 24.2 Å². The molecule has 3 rings (SSSR count). The molecule has 0 aliphatic carbocycles. The first-order valence-electron chi connectivity index (χ1n) is 17.0. The average molecular weight is 643 g/mol. The smallest absolute Gasteiger partial charge is 0.407 e. The molecular formula is C37H62N4O5. The third-order valence-corrected chi connectivity index (χ3v) is 7.51. The number of aryl methyl sites for hydroxylation is 3. The highest BCUT2D eigenvalue weighted by molar-refractivity contribution is 5.91. The number of para-hydroxylation sites is 1. The second-order valence-electron chi connectivity index (χ2n) is 11.3. The summed E-state index contributed by atoms with van der Waals surface area (Å²) in [6, 6.07) is 11.6. The van der Waals surface area contributed by atoms with Gasteiger partial charge in [-0.1, -0.05) is 83.4 Å². The van der Waals surface area contributed by atoms with E-state index in [9.17, 15) is 19.5 Å². The largest absolute Gasteiger partial charge is 0.507 e. The Morgan fingerprint density at radius 2 is 1.65 bits per heavy atom. The zero-order valence-corrected chi connectivity index (χ0v) is 30.1. The van der Waals surface area contributed by atoms with Crippen molar-refractivity contribution in [1.29, 1.82) is 0 Å². The fraction of sp³-hybridized carbons (Fsp3) is 0.595. The number of hydrogen-bond donors (Lipinski definition) is 3. The first-order valence-corrected chi connectivity index (χ1v) is 17.0. The molecule has 9 nitrogen and oxygen atoms in total. The molecule has 0 bridgehead atoms. The number of carbonyl (C=O) groups excluding carboxylic acids is 3. The quantitative estimate of drug-likeness (QED) is 0.191. The standard InChI is InChI=1S/C17H23N3O4.C9H21N.C9H12O.C2H6/c1-2-14(7-9-18-17(23)24-12-11-21)20-10-8-13-5-3-4-6-15(13)19-16(20)22;1-4-6-8-10(3)9-7-5-2;1-6-4-7(2)9(10)8(3)5-6;1-2/h3-6,11,14H,2,7-10,12H2,1H3,(H,18,23)(H,19,22);4-9H2,1-3H3;4-5,10H,1-3H3;1-2H3. The number of rotatable bonds is 13. The van der Waals surface area contributed by atoms with Crippen molar-refractivity contribution in [1.82, 2.24) is 15.1 Å². The summed E-state index contributed by atoms with van der Waals surface area (Å²) in [5.41, 5.74) is 5.09. The van der Waals surface area contributed by atoms with Gasteiger partial charge in [0.25, 0.3) is 0 Å². The van der Waals surface area contributed by atoms with Crippen LogP contribution in [0, 0.1) is 20.8 Å². The lowest BCUT2D eigenvalue weighted by atomic mass is 10.1. The number of ether oxygens (including phenoxy) is 1. The Balaban J connectivity index is 0.000000759. The average Bonchev–Trinajstić information content (AvgIpc) is 3.22. The molecule has 0 spiro atoms. The Morgan fingerprint density at radius 3 is 2.20 bits per heavy atom. The van der Waals surface area contributed by atoms with E-state index in [0.29, 0.717) is 31.5 Å². The van der Waals surface area contributed by atoms with Gasteiger partial charge in [0.1, 0.15) is 12.4 Å². The van der Waals surface area contributed by atoms with E-state index in [0.717, 1.165) is 35.2 Å². The minimum absolute atomic E-state index is 0.0192. The van der Waals surface area contributed by atoms with Crippen LogP contribution in [0.1, 0.15) is 95.4 Å². The fourth-order valence-electron chi connectivity index (χ4n) is 4.96. The van der Waals surface area contributed by atoms with E-state index in [4.69, 9.17) is 0 Å². The Hall–Kier alpha value is -3.59. The highest BCUT2D eigenvalue weighted by Gasteiger charge is 2.25. The van der Waals surface area contributed by atoms with Crippen molar-refractivity contribution >= 4 is 24.1 Å². The molecule has 3 amide bonds. The first-order chi connectivity index (χ1) is 22.1. The molecule has 1 atom stereocenters. The number of unbranched alkanes of at least 4 members (excludes halogenated alkanes) is 2. The number of anilines is 1. The summed E-state index contributed by atoms with van der Waals surface area (Å²) in [5.74, 6) is 0.422. The zero-order valence-electron chi connectivity index (χ0n) is 30.1. The van der Waals surface area contributed by atoms with Crippen molar-refractivity contribution in [2.24, 2.45) is 0 Å². The lowest BCUT2D eigenvalue weighted by Gasteiger charge is -2.29. The number of alkyl carbamates (subject to hydrolysis) is 1. The summed E-state index contributed by atoms with van der Waals surface area (Å²) in [6.07, 6.45) is 7.43. The van der Waals surface area contributed by atoms with Crippen molar-refractivity contribution in [2.45, 2.75) is 106 Å². The van der Waals surface area contributed by atoms with Gasteiger partial charge >= 0.3 is 12.1 Å². The van der Waals surface area contributed by atoms with Crippen LogP contribution in [-0.4, -0.2) is 79.2 Å². The summed E-state index contributed by atoms with van der Waals surface area (Å²) in [6.45, 7) is 19.7. The minimum Gasteiger partial charge on any atom is -0.507 e. The van der Waals surface area contributed by atoms with E-state index < -0.39 is 6.09 Å². The summed E-state index contributed by atoms with van der Waals surface area (Å²) in [5, 5.41) is 14.9. The number of phenolic OH excluding ortho intramolecular Hbond substituents is 1. The second-order valence-corrected chi connectivity index (χ2v) is 11.3. The maximum absolute atomic E-state index is 12.5. The molecule has 0 fully saturated rings. The molecule has 0 aromatic heterocycles. The van der Waals surface area contributed by atoms with E-state index in [-0.39, 0.29) is 18.7 Å². The molecule has 2 aromatic rings. The van der Waals surface area contributed by atoms with Gasteiger partial charge in [-0.15, -0.1) is 0 Å². The van der Waals surface area contributed by atoms with E-state index in [2.05, 4.69) is 41.2 Å². The lowest BCUT2D eigenvalue weighted by Crippen LogP contribution is -2.44. The Kier molecular flexibility index (Phi) is 23.6. The van der Waals surface area contributed by atoms with Gasteiger partial charge in [-0.05, 0) is 95.8 Å². The predicted molar refractivity (Wildman–Crippen MR) is 191 cm³/mol. The first kappa shape index (κ1) is 42.4. The van der Waals surface area contributed by atoms with Crippen LogP contribution in [0.5, 0.6) is 5.75 Å². The number of amides is 3. The molecule has 2 aromatic carbocycles. The summed E-state index contributed by atoms with van der Waals surface area (Å²) in [7, 11) is 2.21. The molecule has 3 N–H and O–H groups in total. The number of nitrogens with zero attached hydrogens (tertiary/aromatic N) is 2. The molecule has 1 aliphatic heterocycles. The van der Waals surface area contributed by atoms with Gasteiger partial charge in [-0.25, -0.2) is 9.59 Å². The number of benzene rings is 2. The zero-order chi connectivity index (χ0) is 34.9. The van der Waals surface area contributed by atoms with Crippen LogP contribution in [0.4, 0.5) is 15.3 Å². The van der Waals surface area contributed by atoms with Gasteiger partial charge < -0.3 is 30.3 Å².